The van der Waals surface area contributed by atoms with Crippen molar-refractivity contribution in [3.05, 3.63) is 0 Å². The van der Waals surface area contributed by atoms with Crippen LogP contribution in [-0.4, -0.2) is 53.5 Å². The molecular weight excluding hydrogens is 537 g/mol. The predicted molar refractivity (Wildman–Crippen MR) is 156 cm³/mol. The summed E-state index contributed by atoms with van der Waals surface area (Å²) in [4.78, 5) is 53.0. The van der Waals surface area contributed by atoms with Crippen molar-refractivity contribution < 1.29 is 42.7 Å². The lowest BCUT2D eigenvalue weighted by Gasteiger charge is -2.18. The lowest BCUT2D eigenvalue weighted by Crippen LogP contribution is -2.29. The molecule has 1 amide bonds. The van der Waals surface area contributed by atoms with Gasteiger partial charge in [-0.25, -0.2) is 4.57 Å². The number of rotatable bonds is 28. The second-order valence-electron chi connectivity index (χ2n) is 10.6. The highest BCUT2D eigenvalue weighted by Gasteiger charge is 2.22. The second-order valence-corrected chi connectivity index (χ2v) is 11.8. The first-order chi connectivity index (χ1) is 19.1. The molecule has 0 unspecified atom stereocenters. The number of amides is 1. The average molecular weight is 594 g/mol. The minimum Gasteiger partial charge on any atom is -0.462 e. The Kier molecular flexibility index (Phi) is 25.4. The molecule has 0 rings (SSSR count). The third-order valence-electron chi connectivity index (χ3n) is 6.57. The second kappa shape index (κ2) is 26.4. The number of phosphoric ester groups is 1. The first-order valence-electron chi connectivity index (χ1n) is 15.4. The van der Waals surface area contributed by atoms with Gasteiger partial charge in [0.15, 0.2) is 6.10 Å². The van der Waals surface area contributed by atoms with Crippen molar-refractivity contribution in [1.29, 1.82) is 0 Å². The number of esters is 2. The number of nitrogens with one attached hydrogen (secondary N) is 1. The van der Waals surface area contributed by atoms with E-state index in [1.165, 1.54) is 58.3 Å². The topological polar surface area (TPSA) is 148 Å². The van der Waals surface area contributed by atoms with Gasteiger partial charge in [0.05, 0.1) is 6.61 Å². The summed E-state index contributed by atoms with van der Waals surface area (Å²) in [5.74, 6) is -0.891. The van der Waals surface area contributed by atoms with E-state index in [9.17, 15) is 18.9 Å². The summed E-state index contributed by atoms with van der Waals surface area (Å²) in [7, 11) is -4.74. The minimum atomic E-state index is -4.74. The van der Waals surface area contributed by atoms with Crippen molar-refractivity contribution in [3.63, 3.8) is 0 Å². The highest BCUT2D eigenvalue weighted by molar-refractivity contribution is 7.46. The number of phosphoric acid groups is 1. The molecule has 236 valence electrons. The number of hydrogen-bond acceptors (Lipinski definition) is 7. The van der Waals surface area contributed by atoms with Crippen molar-refractivity contribution in [3.8, 4) is 0 Å². The molecule has 0 aromatic rings. The molecule has 0 aliphatic rings. The van der Waals surface area contributed by atoms with Gasteiger partial charge in [-0.2, -0.15) is 0 Å². The summed E-state index contributed by atoms with van der Waals surface area (Å²) in [5, 5.41) is 2.81. The maximum atomic E-state index is 12.2. The van der Waals surface area contributed by atoms with E-state index < -0.39 is 32.5 Å². The molecule has 10 nitrogen and oxygen atoms in total. The SMILES string of the molecule is CCCCCCCCCC(=O)O[C@H](COC(=O)CCCCCCCCCCCCCNC(C)=O)COP(=O)(O)O. The number of carbonyl (C=O) groups excluding carboxylic acids is 3. The van der Waals surface area contributed by atoms with Gasteiger partial charge in [0, 0.05) is 26.3 Å². The number of carbonyl (C=O) groups is 3. The van der Waals surface area contributed by atoms with Gasteiger partial charge >= 0.3 is 19.8 Å². The third kappa shape index (κ3) is 29.5. The Balaban J connectivity index is 3.93. The van der Waals surface area contributed by atoms with Crippen LogP contribution in [-0.2, 0) is 32.9 Å². The molecule has 3 N–H and O–H groups in total. The van der Waals surface area contributed by atoms with E-state index in [0.717, 1.165) is 57.9 Å². The molecule has 0 radical (unpaired) electrons. The van der Waals surface area contributed by atoms with Crippen molar-refractivity contribution in [1.82, 2.24) is 5.32 Å². The fourth-order valence-corrected chi connectivity index (χ4v) is 4.64. The number of ether oxygens (including phenoxy) is 2. The maximum Gasteiger partial charge on any atom is 0.469 e. The molecule has 1 atom stereocenters. The molecular formula is C29H56NO9P. The monoisotopic (exact) mass is 593 g/mol. The zero-order valence-electron chi connectivity index (χ0n) is 25.0. The molecule has 0 heterocycles. The smallest absolute Gasteiger partial charge is 0.462 e. The zero-order chi connectivity index (χ0) is 29.9. The van der Waals surface area contributed by atoms with Gasteiger partial charge in [-0.1, -0.05) is 103 Å². The van der Waals surface area contributed by atoms with E-state index in [2.05, 4.69) is 16.8 Å². The maximum absolute atomic E-state index is 12.2. The Morgan fingerprint density at radius 2 is 1.12 bits per heavy atom. The van der Waals surface area contributed by atoms with E-state index in [1.54, 1.807) is 0 Å². The van der Waals surface area contributed by atoms with E-state index >= 15 is 0 Å². The first-order valence-corrected chi connectivity index (χ1v) is 17.0. The standard InChI is InChI=1S/C29H56NO9P/c1-3-4-5-6-12-16-19-22-29(33)39-27(25-38-40(34,35)36)24-37-28(32)21-18-15-13-10-8-7-9-11-14-17-20-23-30-26(2)31/h27H,3-25H2,1-2H3,(H,30,31)(H2,34,35,36)/t27-/m1/s1. The van der Waals surface area contributed by atoms with Crippen LogP contribution in [0.5, 0.6) is 0 Å². The summed E-state index contributed by atoms with van der Waals surface area (Å²) in [6, 6.07) is 0. The van der Waals surface area contributed by atoms with Gasteiger partial charge in [-0.05, 0) is 19.3 Å². The molecule has 0 fully saturated rings. The lowest BCUT2D eigenvalue weighted by atomic mass is 10.1. The first kappa shape index (κ1) is 38.5. The fourth-order valence-electron chi connectivity index (χ4n) is 4.28. The van der Waals surface area contributed by atoms with Crippen LogP contribution in [0.3, 0.4) is 0 Å². The molecule has 0 aliphatic heterocycles. The molecule has 0 aromatic heterocycles. The van der Waals surface area contributed by atoms with Gasteiger partial charge in [0.1, 0.15) is 6.61 Å². The van der Waals surface area contributed by atoms with Crippen molar-refractivity contribution in [2.75, 3.05) is 19.8 Å². The van der Waals surface area contributed by atoms with Crippen LogP contribution in [0.25, 0.3) is 0 Å². The van der Waals surface area contributed by atoms with Gasteiger partial charge in [0.25, 0.3) is 0 Å². The normalized spacial score (nSPS) is 12.2. The summed E-state index contributed by atoms with van der Waals surface area (Å²) in [6.45, 7) is 3.62. The van der Waals surface area contributed by atoms with Crippen LogP contribution in [0, 0.1) is 0 Å². The highest BCUT2D eigenvalue weighted by Crippen LogP contribution is 2.35. The van der Waals surface area contributed by atoms with E-state index in [-0.39, 0.29) is 25.4 Å². The quantitative estimate of drug-likeness (QED) is 0.0524. The van der Waals surface area contributed by atoms with Crippen molar-refractivity contribution in [2.24, 2.45) is 0 Å². The Labute approximate surface area is 241 Å². The largest absolute Gasteiger partial charge is 0.469 e. The van der Waals surface area contributed by atoms with Gasteiger partial charge in [-0.15, -0.1) is 0 Å². The molecule has 11 heteroatoms. The van der Waals surface area contributed by atoms with Crippen LogP contribution in [0.1, 0.15) is 142 Å². The Morgan fingerprint density at radius 3 is 1.60 bits per heavy atom. The molecule has 0 saturated carbocycles. The van der Waals surface area contributed by atoms with E-state index in [0.29, 0.717) is 12.8 Å². The summed E-state index contributed by atoms with van der Waals surface area (Å²) >= 11 is 0. The van der Waals surface area contributed by atoms with Crippen molar-refractivity contribution >= 4 is 25.7 Å². The molecule has 0 aliphatic carbocycles. The van der Waals surface area contributed by atoms with Gasteiger partial charge in [0.2, 0.25) is 5.91 Å². The Hall–Kier alpha value is -1.48. The average Bonchev–Trinajstić information content (AvgIpc) is 2.89. The predicted octanol–water partition coefficient (Wildman–Crippen LogP) is 6.51. The minimum absolute atomic E-state index is 0.0311. The van der Waals surface area contributed by atoms with E-state index in [4.69, 9.17) is 19.3 Å². The lowest BCUT2D eigenvalue weighted by molar-refractivity contribution is -0.161. The van der Waals surface area contributed by atoms with Crippen molar-refractivity contribution in [2.45, 2.75) is 148 Å². The van der Waals surface area contributed by atoms with Gasteiger partial charge < -0.3 is 24.6 Å². The zero-order valence-corrected chi connectivity index (χ0v) is 25.9. The molecule has 0 spiro atoms. The number of unbranched alkanes of at least 4 members (excludes halogenated alkanes) is 16. The van der Waals surface area contributed by atoms with Crippen LogP contribution >= 0.6 is 7.82 Å². The highest BCUT2D eigenvalue weighted by atomic mass is 31.2. The summed E-state index contributed by atoms with van der Waals surface area (Å²) in [6.07, 6.45) is 18.8. The van der Waals surface area contributed by atoms with Gasteiger partial charge in [-0.3, -0.25) is 18.9 Å². The summed E-state index contributed by atoms with van der Waals surface area (Å²) < 4.78 is 26.0. The Bertz CT molecular complexity index is 699. The summed E-state index contributed by atoms with van der Waals surface area (Å²) in [5.41, 5.74) is 0. The molecule has 0 aromatic carbocycles. The number of hydrogen-bond donors (Lipinski definition) is 3. The molecule has 0 bridgehead atoms. The molecule has 40 heavy (non-hydrogen) atoms. The van der Waals surface area contributed by atoms with Crippen LogP contribution < -0.4 is 5.32 Å². The van der Waals surface area contributed by atoms with Crippen LogP contribution in [0.2, 0.25) is 0 Å². The van der Waals surface area contributed by atoms with Crippen LogP contribution in [0.4, 0.5) is 0 Å². The molecule has 0 saturated heterocycles. The van der Waals surface area contributed by atoms with Crippen LogP contribution in [0.15, 0.2) is 0 Å². The Morgan fingerprint density at radius 1 is 0.675 bits per heavy atom. The third-order valence-corrected chi connectivity index (χ3v) is 7.06. The van der Waals surface area contributed by atoms with E-state index in [1.807, 2.05) is 0 Å². The fraction of sp³-hybridized carbons (Fsp3) is 0.897.